The van der Waals surface area contributed by atoms with Gasteiger partial charge in [0.2, 0.25) is 0 Å². The van der Waals surface area contributed by atoms with Crippen LogP contribution in [0.15, 0.2) is 40.9 Å². The number of nitriles is 1. The highest BCUT2D eigenvalue weighted by molar-refractivity contribution is 9.10. The predicted octanol–water partition coefficient (Wildman–Crippen LogP) is 3.72. The van der Waals surface area contributed by atoms with Crippen LogP contribution in [0.4, 0.5) is 10.1 Å². The Morgan fingerprint density at radius 3 is 2.71 bits per heavy atom. The van der Waals surface area contributed by atoms with Gasteiger partial charge in [-0.15, -0.1) is 0 Å². The van der Waals surface area contributed by atoms with E-state index < -0.39 is 11.7 Å². The molecule has 0 aliphatic rings. The largest absolute Gasteiger partial charge is 0.496 e. The Hall–Kier alpha value is -2.39. The Bertz CT molecular complexity index is 741. The summed E-state index contributed by atoms with van der Waals surface area (Å²) in [5.41, 5.74) is 0.711. The maximum absolute atomic E-state index is 13.0. The van der Waals surface area contributed by atoms with Gasteiger partial charge in [0.15, 0.2) is 0 Å². The third kappa shape index (κ3) is 3.38. The summed E-state index contributed by atoms with van der Waals surface area (Å²) in [5.74, 6) is -0.329. The van der Waals surface area contributed by atoms with E-state index in [1.54, 1.807) is 18.2 Å². The van der Waals surface area contributed by atoms with Crippen molar-refractivity contribution < 1.29 is 13.9 Å². The smallest absolute Gasteiger partial charge is 0.255 e. The van der Waals surface area contributed by atoms with Crippen LogP contribution in [0, 0.1) is 17.1 Å². The first kappa shape index (κ1) is 15.0. The second-order valence-corrected chi connectivity index (χ2v) is 4.96. The lowest BCUT2D eigenvalue weighted by molar-refractivity contribution is 0.102. The average molecular weight is 349 g/mol. The summed E-state index contributed by atoms with van der Waals surface area (Å²) < 4.78 is 18.8. The van der Waals surface area contributed by atoms with Crippen LogP contribution in [0.5, 0.6) is 5.75 Å². The molecule has 2 aromatic rings. The molecule has 2 rings (SSSR count). The van der Waals surface area contributed by atoms with Crippen molar-refractivity contribution in [2.45, 2.75) is 0 Å². The van der Waals surface area contributed by atoms with Crippen molar-refractivity contribution in [3.8, 4) is 11.8 Å². The van der Waals surface area contributed by atoms with Crippen LogP contribution in [-0.4, -0.2) is 13.0 Å². The van der Waals surface area contributed by atoms with Crippen LogP contribution in [0.2, 0.25) is 0 Å². The molecule has 0 radical (unpaired) electrons. The van der Waals surface area contributed by atoms with Crippen LogP contribution in [-0.2, 0) is 0 Å². The summed E-state index contributed by atoms with van der Waals surface area (Å²) in [6.45, 7) is 0. The summed E-state index contributed by atoms with van der Waals surface area (Å²) in [4.78, 5) is 12.1. The number of halogens is 2. The Labute approximate surface area is 129 Å². The molecular weight excluding hydrogens is 339 g/mol. The number of anilines is 1. The normalized spacial score (nSPS) is 9.81. The Balaban J connectivity index is 2.26. The minimum Gasteiger partial charge on any atom is -0.496 e. The van der Waals surface area contributed by atoms with Gasteiger partial charge in [0, 0.05) is 5.56 Å². The lowest BCUT2D eigenvalue weighted by atomic mass is 10.1. The number of nitrogens with zero attached hydrogens (tertiary/aromatic N) is 1. The Morgan fingerprint density at radius 1 is 1.33 bits per heavy atom. The minimum absolute atomic E-state index is 0.0657. The van der Waals surface area contributed by atoms with Crippen LogP contribution >= 0.6 is 15.9 Å². The highest BCUT2D eigenvalue weighted by Crippen LogP contribution is 2.26. The van der Waals surface area contributed by atoms with Crippen molar-refractivity contribution in [2.75, 3.05) is 12.4 Å². The third-order valence-electron chi connectivity index (χ3n) is 2.76. The SMILES string of the molecule is COc1ccc(C(=O)Nc2ccc(F)cc2C#N)cc1Br. The summed E-state index contributed by atoms with van der Waals surface area (Å²) >= 11 is 3.29. The molecule has 21 heavy (non-hydrogen) atoms. The van der Waals surface area contributed by atoms with E-state index >= 15 is 0 Å². The molecule has 0 heterocycles. The number of carbonyl (C=O) groups excluding carboxylic acids is 1. The lowest BCUT2D eigenvalue weighted by Crippen LogP contribution is -2.13. The molecule has 106 valence electrons. The van der Waals surface area contributed by atoms with E-state index in [1.165, 1.54) is 19.2 Å². The number of nitrogens with one attached hydrogen (secondary N) is 1. The maximum atomic E-state index is 13.0. The second kappa shape index (κ2) is 6.37. The monoisotopic (exact) mass is 348 g/mol. The zero-order valence-corrected chi connectivity index (χ0v) is 12.6. The van der Waals surface area contributed by atoms with E-state index in [-0.39, 0.29) is 11.3 Å². The standard InChI is InChI=1S/C15H10BrFN2O2/c1-21-14-5-2-9(7-12(14)16)15(20)19-13-4-3-11(17)6-10(13)8-18/h2-7H,1H3,(H,19,20). The second-order valence-electron chi connectivity index (χ2n) is 4.11. The highest BCUT2D eigenvalue weighted by atomic mass is 79.9. The number of ether oxygens (including phenoxy) is 1. The lowest BCUT2D eigenvalue weighted by Gasteiger charge is -2.09. The summed E-state index contributed by atoms with van der Waals surface area (Å²) in [6, 6.07) is 10.3. The molecule has 0 bridgehead atoms. The van der Waals surface area contributed by atoms with Gasteiger partial charge in [0.1, 0.15) is 17.6 Å². The fraction of sp³-hybridized carbons (Fsp3) is 0.0667. The molecule has 0 aromatic heterocycles. The van der Waals surface area contributed by atoms with E-state index in [9.17, 15) is 9.18 Å². The van der Waals surface area contributed by atoms with Gasteiger partial charge < -0.3 is 10.1 Å². The molecule has 0 saturated carbocycles. The van der Waals surface area contributed by atoms with Crippen molar-refractivity contribution in [3.63, 3.8) is 0 Å². The van der Waals surface area contributed by atoms with E-state index in [0.717, 1.165) is 6.07 Å². The quantitative estimate of drug-likeness (QED) is 0.919. The van der Waals surface area contributed by atoms with Gasteiger partial charge in [-0.05, 0) is 52.3 Å². The average Bonchev–Trinajstić information content (AvgIpc) is 2.48. The molecule has 0 atom stereocenters. The fourth-order valence-electron chi connectivity index (χ4n) is 1.72. The highest BCUT2D eigenvalue weighted by Gasteiger charge is 2.12. The van der Waals surface area contributed by atoms with Crippen LogP contribution in [0.25, 0.3) is 0 Å². The van der Waals surface area contributed by atoms with Crippen LogP contribution in [0.1, 0.15) is 15.9 Å². The number of methoxy groups -OCH3 is 1. The van der Waals surface area contributed by atoms with Gasteiger partial charge in [-0.1, -0.05) is 0 Å². The molecule has 2 aromatic carbocycles. The van der Waals surface area contributed by atoms with Crippen molar-refractivity contribution in [1.29, 1.82) is 5.26 Å². The van der Waals surface area contributed by atoms with Crippen LogP contribution < -0.4 is 10.1 Å². The molecule has 0 aliphatic heterocycles. The number of hydrogen-bond donors (Lipinski definition) is 1. The minimum atomic E-state index is -0.531. The molecular formula is C15H10BrFN2O2. The van der Waals surface area contributed by atoms with Gasteiger partial charge in [-0.2, -0.15) is 5.26 Å². The number of rotatable bonds is 3. The fourth-order valence-corrected chi connectivity index (χ4v) is 2.26. The predicted molar refractivity (Wildman–Crippen MR) is 79.8 cm³/mol. The van der Waals surface area contributed by atoms with Crippen molar-refractivity contribution in [3.05, 3.63) is 57.8 Å². The molecule has 0 saturated heterocycles. The molecule has 1 N–H and O–H groups in total. The zero-order valence-electron chi connectivity index (χ0n) is 11.0. The van der Waals surface area contributed by atoms with Crippen molar-refractivity contribution >= 4 is 27.5 Å². The van der Waals surface area contributed by atoms with E-state index in [4.69, 9.17) is 10.00 Å². The van der Waals surface area contributed by atoms with Crippen molar-refractivity contribution in [1.82, 2.24) is 0 Å². The molecule has 1 amide bonds. The molecule has 0 unspecified atom stereocenters. The maximum Gasteiger partial charge on any atom is 0.255 e. The summed E-state index contributed by atoms with van der Waals surface area (Å²) in [7, 11) is 1.53. The van der Waals surface area contributed by atoms with Gasteiger partial charge in [0.05, 0.1) is 22.8 Å². The third-order valence-corrected chi connectivity index (χ3v) is 3.38. The molecule has 0 aliphatic carbocycles. The van der Waals surface area contributed by atoms with Gasteiger partial charge in [-0.25, -0.2) is 4.39 Å². The van der Waals surface area contributed by atoms with E-state index in [1.807, 2.05) is 6.07 Å². The number of amides is 1. The summed E-state index contributed by atoms with van der Waals surface area (Å²) in [5, 5.41) is 11.5. The number of hydrogen-bond acceptors (Lipinski definition) is 3. The van der Waals surface area contributed by atoms with Gasteiger partial charge in [0.25, 0.3) is 5.91 Å². The molecule has 4 nitrogen and oxygen atoms in total. The molecule has 6 heteroatoms. The molecule has 0 spiro atoms. The zero-order chi connectivity index (χ0) is 15.4. The van der Waals surface area contributed by atoms with Crippen molar-refractivity contribution in [2.24, 2.45) is 0 Å². The van der Waals surface area contributed by atoms with E-state index in [2.05, 4.69) is 21.2 Å². The number of benzene rings is 2. The topological polar surface area (TPSA) is 62.1 Å². The first-order chi connectivity index (χ1) is 10.0. The summed E-state index contributed by atoms with van der Waals surface area (Å²) in [6.07, 6.45) is 0. The molecule has 0 fully saturated rings. The van der Waals surface area contributed by atoms with Gasteiger partial charge >= 0.3 is 0 Å². The number of carbonyl (C=O) groups is 1. The van der Waals surface area contributed by atoms with E-state index in [0.29, 0.717) is 15.8 Å². The Kier molecular flexibility index (Phi) is 4.55. The Morgan fingerprint density at radius 2 is 2.10 bits per heavy atom. The van der Waals surface area contributed by atoms with Gasteiger partial charge in [-0.3, -0.25) is 4.79 Å². The first-order valence-electron chi connectivity index (χ1n) is 5.89. The first-order valence-corrected chi connectivity index (χ1v) is 6.69. The van der Waals surface area contributed by atoms with Crippen LogP contribution in [0.3, 0.4) is 0 Å².